The highest BCUT2D eigenvalue weighted by molar-refractivity contribution is 7.87. The van der Waals surface area contributed by atoms with Crippen molar-refractivity contribution in [3.8, 4) is 0 Å². The minimum absolute atomic E-state index is 0.0309. The lowest BCUT2D eigenvalue weighted by Gasteiger charge is -2.71. The van der Waals surface area contributed by atoms with E-state index in [1.165, 1.54) is 12.7 Å². The van der Waals surface area contributed by atoms with Crippen LogP contribution < -0.4 is 0 Å². The SMILES string of the molecule is COS(=O)(=O)[C@@H]1C[C@]2(C)[C@H]3CC=C4[C@@H]5[C@@H](C)[C@H](C)CC[C@]5(C(=O)OCc5ccccc5)CC[C@@]4(C)[C@]3(C)CC[C@H]2C(C)(C)[C@H]1O. The second-order valence-electron chi connectivity index (χ2n) is 17.0. The first-order valence-electron chi connectivity index (χ1n) is 17.4. The molecule has 0 bridgehead atoms. The highest BCUT2D eigenvalue weighted by Crippen LogP contribution is 2.76. The number of fused-ring (bicyclic) bond motifs is 7. The Balaban J connectivity index is 1.40. The Bertz CT molecular complexity index is 1450. The molecule has 11 atom stereocenters. The van der Waals surface area contributed by atoms with Crippen LogP contribution in [-0.4, -0.2) is 38.0 Å². The molecule has 0 saturated heterocycles. The quantitative estimate of drug-likeness (QED) is 0.202. The zero-order chi connectivity index (χ0) is 32.8. The molecular formula is C38H56O6S. The molecule has 5 aliphatic carbocycles. The lowest BCUT2D eigenvalue weighted by Crippen LogP contribution is -2.68. The molecule has 0 spiro atoms. The molecule has 0 unspecified atom stereocenters. The maximum absolute atomic E-state index is 14.3. The van der Waals surface area contributed by atoms with Crippen LogP contribution >= 0.6 is 0 Å². The van der Waals surface area contributed by atoms with E-state index in [0.717, 1.165) is 50.5 Å². The third-order valence-corrected chi connectivity index (χ3v) is 16.8. The maximum Gasteiger partial charge on any atom is 0.313 e. The monoisotopic (exact) mass is 640 g/mol. The van der Waals surface area contributed by atoms with E-state index in [2.05, 4.69) is 54.5 Å². The van der Waals surface area contributed by atoms with Crippen LogP contribution in [0, 0.1) is 56.7 Å². The summed E-state index contributed by atoms with van der Waals surface area (Å²) in [5.74, 6) is 1.44. The molecule has 1 aromatic carbocycles. The molecule has 0 aromatic heterocycles. The van der Waals surface area contributed by atoms with E-state index < -0.39 is 32.3 Å². The summed E-state index contributed by atoms with van der Waals surface area (Å²) < 4.78 is 37.7. The molecule has 1 N–H and O–H groups in total. The molecule has 4 fully saturated rings. The van der Waals surface area contributed by atoms with Crippen molar-refractivity contribution in [1.29, 1.82) is 0 Å². The minimum Gasteiger partial charge on any atom is -0.460 e. The summed E-state index contributed by atoms with van der Waals surface area (Å²) in [6.07, 6.45) is 8.44. The minimum atomic E-state index is -3.92. The summed E-state index contributed by atoms with van der Waals surface area (Å²) in [7, 11) is -2.70. The van der Waals surface area contributed by atoms with Gasteiger partial charge in [-0.25, -0.2) is 0 Å². The Kier molecular flexibility index (Phi) is 8.06. The summed E-state index contributed by atoms with van der Waals surface area (Å²) in [4.78, 5) is 14.3. The van der Waals surface area contributed by atoms with Gasteiger partial charge >= 0.3 is 5.97 Å². The third-order valence-electron chi connectivity index (χ3n) is 15.1. The van der Waals surface area contributed by atoms with E-state index in [4.69, 9.17) is 8.92 Å². The van der Waals surface area contributed by atoms with Gasteiger partial charge in [0, 0.05) is 0 Å². The number of aliphatic hydroxyl groups excluding tert-OH is 1. The zero-order valence-electron chi connectivity index (χ0n) is 28.8. The van der Waals surface area contributed by atoms with E-state index in [1.807, 2.05) is 30.3 Å². The predicted octanol–water partition coefficient (Wildman–Crippen LogP) is 7.70. The Morgan fingerprint density at radius 1 is 0.956 bits per heavy atom. The molecular weight excluding hydrogens is 584 g/mol. The molecule has 6 nitrogen and oxygen atoms in total. The van der Waals surface area contributed by atoms with Gasteiger partial charge in [0.05, 0.1) is 18.6 Å². The van der Waals surface area contributed by atoms with Crippen LogP contribution in [0.25, 0.3) is 0 Å². The number of carbonyl (C=O) groups is 1. The molecule has 1 aromatic rings. The molecule has 6 rings (SSSR count). The van der Waals surface area contributed by atoms with Crippen LogP contribution in [0.4, 0.5) is 0 Å². The van der Waals surface area contributed by atoms with E-state index in [0.29, 0.717) is 24.9 Å². The molecule has 250 valence electrons. The lowest BCUT2D eigenvalue weighted by molar-refractivity contribution is -0.206. The summed E-state index contributed by atoms with van der Waals surface area (Å²) in [5.41, 5.74) is 0.940. The molecule has 0 amide bonds. The predicted molar refractivity (Wildman–Crippen MR) is 176 cm³/mol. The number of carbonyl (C=O) groups excluding carboxylic acids is 1. The van der Waals surface area contributed by atoms with Crippen LogP contribution in [0.3, 0.4) is 0 Å². The third kappa shape index (κ3) is 4.59. The number of aliphatic hydroxyl groups is 1. The highest BCUT2D eigenvalue weighted by atomic mass is 32.2. The van der Waals surface area contributed by atoms with Gasteiger partial charge in [-0.2, -0.15) is 8.42 Å². The molecule has 5 aliphatic rings. The topological polar surface area (TPSA) is 89.9 Å². The average molecular weight is 641 g/mol. The first-order chi connectivity index (χ1) is 21.0. The fourth-order valence-electron chi connectivity index (χ4n) is 12.2. The standard InChI is InChI=1S/C38H56O6S/c1-24-16-19-38(33(40)44-23-26-12-10-9-11-13-26)21-20-36(6)27(31(38)25(24)2)14-15-30-35(5)22-28(45(41,42)43-8)32(39)34(3,4)29(35)17-18-37(30,36)7/h9-14,24-25,28-32,39H,15-23H2,1-8H3/t24-,25+,28-,29+,30-,31+,32+,35+,36-,37-,38+/m1/s1. The van der Waals surface area contributed by atoms with Crippen molar-refractivity contribution < 1.29 is 27.2 Å². The van der Waals surface area contributed by atoms with Crippen LogP contribution in [0.5, 0.6) is 0 Å². The van der Waals surface area contributed by atoms with Crippen molar-refractivity contribution >= 4 is 16.1 Å². The summed E-state index contributed by atoms with van der Waals surface area (Å²) >= 11 is 0. The first-order valence-corrected chi connectivity index (χ1v) is 18.9. The van der Waals surface area contributed by atoms with Crippen molar-refractivity contribution in [3.63, 3.8) is 0 Å². The number of hydrogen-bond donors (Lipinski definition) is 1. The molecule has 0 heterocycles. The van der Waals surface area contributed by atoms with E-state index in [9.17, 15) is 18.3 Å². The summed E-state index contributed by atoms with van der Waals surface area (Å²) in [6.45, 7) is 16.4. The number of allylic oxidation sites excluding steroid dienone is 2. The van der Waals surface area contributed by atoms with Gasteiger partial charge < -0.3 is 9.84 Å². The number of ether oxygens (including phenoxy) is 1. The van der Waals surface area contributed by atoms with Gasteiger partial charge in [0.15, 0.2) is 0 Å². The number of esters is 1. The van der Waals surface area contributed by atoms with Crippen LogP contribution in [0.1, 0.15) is 105 Å². The number of hydrogen-bond acceptors (Lipinski definition) is 6. The molecule has 45 heavy (non-hydrogen) atoms. The van der Waals surface area contributed by atoms with E-state index in [1.54, 1.807) is 0 Å². The van der Waals surface area contributed by atoms with Gasteiger partial charge in [-0.3, -0.25) is 8.98 Å². The Morgan fingerprint density at radius 3 is 2.31 bits per heavy atom. The van der Waals surface area contributed by atoms with Crippen LogP contribution in [0.15, 0.2) is 42.0 Å². The molecule has 0 aliphatic heterocycles. The summed E-state index contributed by atoms with van der Waals surface area (Å²) in [6, 6.07) is 9.99. The van der Waals surface area contributed by atoms with E-state index in [-0.39, 0.29) is 40.0 Å². The van der Waals surface area contributed by atoms with Gasteiger partial charge in [-0.15, -0.1) is 0 Å². The molecule has 7 heteroatoms. The van der Waals surface area contributed by atoms with Crippen LogP contribution in [-0.2, 0) is 30.4 Å². The fraction of sp³-hybridized carbons (Fsp3) is 0.763. The zero-order valence-corrected chi connectivity index (χ0v) is 29.6. The van der Waals surface area contributed by atoms with Crippen LogP contribution in [0.2, 0.25) is 0 Å². The second-order valence-corrected chi connectivity index (χ2v) is 19.0. The second kappa shape index (κ2) is 10.9. The number of rotatable bonds is 5. The summed E-state index contributed by atoms with van der Waals surface area (Å²) in [5, 5.41) is 10.5. The largest absolute Gasteiger partial charge is 0.460 e. The fourth-order valence-corrected chi connectivity index (χ4v) is 13.7. The van der Waals surface area contributed by atoms with Crippen molar-refractivity contribution in [3.05, 3.63) is 47.5 Å². The lowest BCUT2D eigenvalue weighted by atomic mass is 9.33. The van der Waals surface area contributed by atoms with Gasteiger partial charge in [0.2, 0.25) is 0 Å². The van der Waals surface area contributed by atoms with Gasteiger partial charge in [-0.1, -0.05) is 90.4 Å². The maximum atomic E-state index is 14.3. The van der Waals surface area contributed by atoms with Crippen molar-refractivity contribution in [1.82, 2.24) is 0 Å². The van der Waals surface area contributed by atoms with Crippen molar-refractivity contribution in [2.75, 3.05) is 7.11 Å². The van der Waals surface area contributed by atoms with Gasteiger partial charge in [0.1, 0.15) is 11.9 Å². The van der Waals surface area contributed by atoms with Crippen molar-refractivity contribution in [2.45, 2.75) is 118 Å². The molecule has 0 radical (unpaired) electrons. The Hall–Kier alpha value is -1.70. The Labute approximate surface area is 271 Å². The smallest absolute Gasteiger partial charge is 0.313 e. The van der Waals surface area contributed by atoms with E-state index >= 15 is 0 Å². The highest BCUT2D eigenvalue weighted by Gasteiger charge is 2.71. The Morgan fingerprint density at radius 2 is 1.64 bits per heavy atom. The van der Waals surface area contributed by atoms with Gasteiger partial charge in [0.25, 0.3) is 10.1 Å². The van der Waals surface area contributed by atoms with Gasteiger partial charge in [-0.05, 0) is 108 Å². The van der Waals surface area contributed by atoms with Crippen molar-refractivity contribution in [2.24, 2.45) is 56.7 Å². The normalized spacial score (nSPS) is 45.6. The number of benzene rings is 1. The average Bonchev–Trinajstić information content (AvgIpc) is 3.00. The molecule has 4 saturated carbocycles. The first kappa shape index (κ1) is 33.2.